The van der Waals surface area contributed by atoms with Crippen molar-refractivity contribution in [2.24, 2.45) is 0 Å². The van der Waals surface area contributed by atoms with E-state index in [1.807, 2.05) is 19.1 Å². The van der Waals surface area contributed by atoms with Crippen LogP contribution in [0, 0.1) is 0 Å². The van der Waals surface area contributed by atoms with Crippen molar-refractivity contribution in [1.82, 2.24) is 0 Å². The summed E-state index contributed by atoms with van der Waals surface area (Å²) in [6.45, 7) is 1.98. The highest BCUT2D eigenvalue weighted by Crippen LogP contribution is 1.92. The number of carbonyl (C=O) groups is 1. The molecule has 0 saturated carbocycles. The van der Waals surface area contributed by atoms with Crippen molar-refractivity contribution in [3.05, 3.63) is 36.5 Å². The summed E-state index contributed by atoms with van der Waals surface area (Å²) in [4.78, 5) is 10.0. The zero-order valence-corrected chi connectivity index (χ0v) is 7.23. The fourth-order valence-electron chi connectivity index (χ4n) is 0.672. The van der Waals surface area contributed by atoms with Gasteiger partial charge in [0, 0.05) is 6.08 Å². The maximum absolute atomic E-state index is 10.0. The number of carboxylic acids is 1. The average Bonchev–Trinajstić information content (AvgIpc) is 2.02. The molecule has 0 saturated heterocycles. The second-order valence-electron chi connectivity index (χ2n) is 2.27. The number of hydrogen-bond donors (Lipinski definition) is 1. The van der Waals surface area contributed by atoms with E-state index in [1.54, 1.807) is 6.08 Å². The molecule has 0 radical (unpaired) electrons. The Kier molecular flexibility index (Phi) is 6.94. The molecule has 66 valence electrons. The third kappa shape index (κ3) is 8.69. The van der Waals surface area contributed by atoms with Crippen LogP contribution < -0.4 is 0 Å². The summed E-state index contributed by atoms with van der Waals surface area (Å²) >= 11 is 0. The number of unbranched alkanes of at least 4 members (excludes halogenated alkanes) is 1. The van der Waals surface area contributed by atoms with Crippen molar-refractivity contribution >= 4 is 5.97 Å². The monoisotopic (exact) mass is 166 g/mol. The van der Waals surface area contributed by atoms with E-state index in [4.69, 9.17) is 5.11 Å². The molecule has 0 heterocycles. The Hall–Kier alpha value is -1.31. The fraction of sp³-hybridized carbons (Fsp3) is 0.300. The van der Waals surface area contributed by atoms with Crippen LogP contribution in [-0.4, -0.2) is 11.1 Å². The lowest BCUT2D eigenvalue weighted by Gasteiger charge is -1.82. The zero-order valence-electron chi connectivity index (χ0n) is 7.23. The van der Waals surface area contributed by atoms with Crippen LogP contribution in [0.4, 0.5) is 0 Å². The van der Waals surface area contributed by atoms with Crippen LogP contribution in [0.15, 0.2) is 36.5 Å². The van der Waals surface area contributed by atoms with Gasteiger partial charge in [0.05, 0.1) is 0 Å². The second kappa shape index (κ2) is 7.79. The number of hydrogen-bond acceptors (Lipinski definition) is 1. The van der Waals surface area contributed by atoms with Gasteiger partial charge in [-0.2, -0.15) is 0 Å². The average molecular weight is 166 g/mol. The van der Waals surface area contributed by atoms with E-state index in [1.165, 1.54) is 6.08 Å². The van der Waals surface area contributed by atoms with Crippen molar-refractivity contribution in [3.8, 4) is 0 Å². The quantitative estimate of drug-likeness (QED) is 0.295. The van der Waals surface area contributed by atoms with E-state index in [9.17, 15) is 4.79 Å². The van der Waals surface area contributed by atoms with Crippen molar-refractivity contribution in [3.63, 3.8) is 0 Å². The summed E-state index contributed by atoms with van der Waals surface area (Å²) in [5.41, 5.74) is 0. The van der Waals surface area contributed by atoms with Gasteiger partial charge in [-0.05, 0) is 19.8 Å². The van der Waals surface area contributed by atoms with Crippen LogP contribution in [0.2, 0.25) is 0 Å². The lowest BCUT2D eigenvalue weighted by molar-refractivity contribution is -0.131. The van der Waals surface area contributed by atoms with E-state index in [0.29, 0.717) is 0 Å². The van der Waals surface area contributed by atoms with Crippen LogP contribution in [0.25, 0.3) is 0 Å². The second-order valence-corrected chi connectivity index (χ2v) is 2.27. The summed E-state index contributed by atoms with van der Waals surface area (Å²) in [6, 6.07) is 0. The Morgan fingerprint density at radius 2 is 1.92 bits per heavy atom. The van der Waals surface area contributed by atoms with Crippen molar-refractivity contribution in [2.75, 3.05) is 0 Å². The lowest BCUT2D eigenvalue weighted by atomic mass is 10.2. The van der Waals surface area contributed by atoms with Gasteiger partial charge in [0.2, 0.25) is 0 Å². The third-order valence-corrected chi connectivity index (χ3v) is 1.22. The van der Waals surface area contributed by atoms with Crippen LogP contribution >= 0.6 is 0 Å². The number of carboxylic acid groups (broad SMARTS) is 1. The predicted molar refractivity (Wildman–Crippen MR) is 50.0 cm³/mol. The fourth-order valence-corrected chi connectivity index (χ4v) is 0.672. The van der Waals surface area contributed by atoms with Gasteiger partial charge in [-0.15, -0.1) is 0 Å². The van der Waals surface area contributed by atoms with Crippen LogP contribution in [0.5, 0.6) is 0 Å². The van der Waals surface area contributed by atoms with Gasteiger partial charge in [-0.1, -0.05) is 30.4 Å². The summed E-state index contributed by atoms with van der Waals surface area (Å²) < 4.78 is 0. The summed E-state index contributed by atoms with van der Waals surface area (Å²) in [5, 5.41) is 8.22. The van der Waals surface area contributed by atoms with E-state index in [0.717, 1.165) is 18.9 Å². The first-order valence-corrected chi connectivity index (χ1v) is 3.94. The molecule has 0 spiro atoms. The largest absolute Gasteiger partial charge is 0.478 e. The Morgan fingerprint density at radius 1 is 1.25 bits per heavy atom. The molecule has 0 unspecified atom stereocenters. The Balaban J connectivity index is 3.43. The molecule has 0 rings (SSSR count). The van der Waals surface area contributed by atoms with E-state index >= 15 is 0 Å². The first-order valence-electron chi connectivity index (χ1n) is 3.94. The SMILES string of the molecule is C/C=C/CC/C=C/C=C/C(=O)O. The molecule has 0 aromatic heterocycles. The number of aliphatic carboxylic acids is 1. The van der Waals surface area contributed by atoms with Gasteiger partial charge in [0.15, 0.2) is 0 Å². The highest BCUT2D eigenvalue weighted by molar-refractivity contribution is 5.80. The molecule has 0 amide bonds. The topological polar surface area (TPSA) is 37.3 Å². The standard InChI is InChI=1S/C10H14O2/c1-2-3-4-5-6-7-8-9-10(11)12/h2-3,6-9H,4-5H2,1H3,(H,11,12)/b3-2+,7-6+,9-8+. The van der Waals surface area contributed by atoms with Crippen molar-refractivity contribution in [1.29, 1.82) is 0 Å². The first kappa shape index (κ1) is 10.7. The molecular weight excluding hydrogens is 152 g/mol. The number of allylic oxidation sites excluding steroid dienone is 5. The van der Waals surface area contributed by atoms with Gasteiger partial charge in [0.25, 0.3) is 0 Å². The molecule has 0 fully saturated rings. The molecule has 2 heteroatoms. The normalized spacial score (nSPS) is 12.1. The smallest absolute Gasteiger partial charge is 0.328 e. The van der Waals surface area contributed by atoms with Crippen LogP contribution in [0.1, 0.15) is 19.8 Å². The van der Waals surface area contributed by atoms with E-state index in [-0.39, 0.29) is 0 Å². The van der Waals surface area contributed by atoms with Gasteiger partial charge in [-0.25, -0.2) is 4.79 Å². The lowest BCUT2D eigenvalue weighted by Crippen LogP contribution is -1.84. The minimum absolute atomic E-state index is 0.909. The van der Waals surface area contributed by atoms with Gasteiger partial charge in [-0.3, -0.25) is 0 Å². The molecule has 0 aromatic rings. The summed E-state index contributed by atoms with van der Waals surface area (Å²) in [6.07, 6.45) is 12.4. The minimum Gasteiger partial charge on any atom is -0.478 e. The molecule has 1 N–H and O–H groups in total. The van der Waals surface area contributed by atoms with E-state index < -0.39 is 5.97 Å². The van der Waals surface area contributed by atoms with Crippen molar-refractivity contribution in [2.45, 2.75) is 19.8 Å². The predicted octanol–water partition coefficient (Wildman–Crippen LogP) is 2.54. The molecule has 0 atom stereocenters. The van der Waals surface area contributed by atoms with Crippen molar-refractivity contribution < 1.29 is 9.90 Å². The highest BCUT2D eigenvalue weighted by atomic mass is 16.4. The molecular formula is C10H14O2. The minimum atomic E-state index is -0.909. The maximum Gasteiger partial charge on any atom is 0.328 e. The molecule has 0 aliphatic heterocycles. The Morgan fingerprint density at radius 3 is 2.50 bits per heavy atom. The Bertz CT molecular complexity index is 200. The summed E-state index contributed by atoms with van der Waals surface area (Å²) in [7, 11) is 0. The molecule has 2 nitrogen and oxygen atoms in total. The molecule has 0 aliphatic carbocycles. The molecule has 0 aromatic carbocycles. The van der Waals surface area contributed by atoms with E-state index in [2.05, 4.69) is 6.08 Å². The Labute approximate surface area is 72.9 Å². The van der Waals surface area contributed by atoms with Crippen LogP contribution in [0.3, 0.4) is 0 Å². The maximum atomic E-state index is 10.0. The van der Waals surface area contributed by atoms with Gasteiger partial charge in [0.1, 0.15) is 0 Å². The molecule has 12 heavy (non-hydrogen) atoms. The summed E-state index contributed by atoms with van der Waals surface area (Å²) in [5.74, 6) is -0.909. The van der Waals surface area contributed by atoms with Crippen LogP contribution in [-0.2, 0) is 4.79 Å². The highest BCUT2D eigenvalue weighted by Gasteiger charge is 1.80. The first-order chi connectivity index (χ1) is 5.77. The zero-order chi connectivity index (χ0) is 9.23. The molecule has 0 aliphatic rings. The molecule has 0 bridgehead atoms. The number of rotatable bonds is 5. The third-order valence-electron chi connectivity index (χ3n) is 1.22. The van der Waals surface area contributed by atoms with Gasteiger partial charge >= 0.3 is 5.97 Å². The van der Waals surface area contributed by atoms with Gasteiger partial charge < -0.3 is 5.11 Å².